The molecule has 2 aromatic rings. The zero-order valence-corrected chi connectivity index (χ0v) is 18.0. The Morgan fingerprint density at radius 1 is 1.30 bits per heavy atom. The van der Waals surface area contributed by atoms with E-state index >= 15 is 0 Å². The fourth-order valence-corrected chi connectivity index (χ4v) is 6.37. The van der Waals surface area contributed by atoms with Crippen LogP contribution >= 0.6 is 17.1 Å². The van der Waals surface area contributed by atoms with Crippen molar-refractivity contribution in [1.82, 2.24) is 14.9 Å². The molecule has 0 fully saturated rings. The lowest BCUT2D eigenvalue weighted by molar-refractivity contribution is 0.280. The summed E-state index contributed by atoms with van der Waals surface area (Å²) in [5.74, 6) is 0.688. The van der Waals surface area contributed by atoms with Crippen LogP contribution in [0.5, 0.6) is 5.75 Å². The molecule has 0 aliphatic carbocycles. The van der Waals surface area contributed by atoms with Crippen LogP contribution in [0.4, 0.5) is 0 Å². The van der Waals surface area contributed by atoms with Gasteiger partial charge in [-0.15, -0.1) is 10.2 Å². The molecule has 1 aromatic carbocycles. The molecule has 0 saturated carbocycles. The monoisotopic (exact) mass is 428 g/mol. The maximum Gasteiger partial charge on any atom is 0.296 e. The molecule has 1 heterocycles. The van der Waals surface area contributed by atoms with Gasteiger partial charge in [-0.3, -0.25) is 4.79 Å². The number of aromatic nitrogens is 3. The molecule has 0 radical (unpaired) electrons. The summed E-state index contributed by atoms with van der Waals surface area (Å²) in [7, 11) is 1.58. The molecular formula is C16H21N4O4PS2. The molecule has 0 N–H and O–H groups in total. The molecule has 0 aliphatic rings. The highest BCUT2D eigenvalue weighted by Gasteiger charge is 2.24. The number of ether oxygens (including phenoxy) is 1. The summed E-state index contributed by atoms with van der Waals surface area (Å²) < 4.78 is 17.6. The zero-order chi connectivity index (χ0) is 19.9. The van der Waals surface area contributed by atoms with Crippen LogP contribution in [-0.2, 0) is 20.9 Å². The van der Waals surface area contributed by atoms with Gasteiger partial charge < -0.3 is 13.8 Å². The van der Waals surface area contributed by atoms with E-state index in [0.717, 1.165) is 21.6 Å². The Kier molecular flexibility index (Phi) is 8.12. The van der Waals surface area contributed by atoms with Crippen LogP contribution in [0.25, 0.3) is 0 Å². The van der Waals surface area contributed by atoms with Gasteiger partial charge in [-0.1, -0.05) is 12.1 Å². The van der Waals surface area contributed by atoms with Gasteiger partial charge in [0.15, 0.2) is 0 Å². The normalized spacial score (nSPS) is 11.9. The highest BCUT2D eigenvalue weighted by Crippen LogP contribution is 2.63. The molecule has 2 rings (SSSR count). The molecule has 27 heavy (non-hydrogen) atoms. The van der Waals surface area contributed by atoms with Gasteiger partial charge in [-0.05, 0) is 50.3 Å². The molecule has 0 atom stereocenters. The van der Waals surface area contributed by atoms with Crippen molar-refractivity contribution < 1.29 is 13.8 Å². The second-order valence-electron chi connectivity index (χ2n) is 5.08. The maximum atomic E-state index is 12.5. The summed E-state index contributed by atoms with van der Waals surface area (Å²) in [4.78, 5) is 12.5. The number of aryl methyl sites for hydroxylation is 1. The van der Waals surface area contributed by atoms with E-state index in [1.165, 1.54) is 0 Å². The van der Waals surface area contributed by atoms with Crippen molar-refractivity contribution in [2.45, 2.75) is 25.9 Å². The van der Waals surface area contributed by atoms with Gasteiger partial charge in [0.2, 0.25) is 5.16 Å². The van der Waals surface area contributed by atoms with Crippen LogP contribution in [0.1, 0.15) is 25.1 Å². The highest BCUT2D eigenvalue weighted by atomic mass is 32.9. The first kappa shape index (κ1) is 21.7. The van der Waals surface area contributed by atoms with E-state index in [1.54, 1.807) is 26.3 Å². The summed E-state index contributed by atoms with van der Waals surface area (Å²) in [5, 5.41) is 12.5. The summed E-state index contributed by atoms with van der Waals surface area (Å²) >= 11 is 6.57. The molecular weight excluding hydrogens is 407 g/mol. The SMILES string of the molecule is CCOP(=S)(OCC)Sc1nnc(C)c(=O)n1/N=C/c1cccc(OC)c1. The van der Waals surface area contributed by atoms with Crippen LogP contribution in [0.2, 0.25) is 0 Å². The van der Waals surface area contributed by atoms with Crippen molar-refractivity contribution in [3.05, 3.63) is 45.9 Å². The van der Waals surface area contributed by atoms with Crippen LogP contribution < -0.4 is 10.3 Å². The predicted molar refractivity (Wildman–Crippen MR) is 110 cm³/mol. The molecule has 0 amide bonds. The van der Waals surface area contributed by atoms with Gasteiger partial charge in [0.1, 0.15) is 11.4 Å². The summed E-state index contributed by atoms with van der Waals surface area (Å²) in [6.07, 6.45) is 1.54. The standard InChI is InChI=1S/C16H21N4O4PS2/c1-5-23-25(26,24-6-2)27-16-19-18-12(3)15(21)20(16)17-11-13-8-7-9-14(10-13)22-4/h7-11H,5-6H2,1-4H3/b17-11+. The molecule has 11 heteroatoms. The minimum absolute atomic E-state index is 0.218. The topological polar surface area (TPSA) is 87.8 Å². The second-order valence-corrected chi connectivity index (χ2v) is 11.2. The van der Waals surface area contributed by atoms with Gasteiger partial charge in [0.05, 0.1) is 26.5 Å². The van der Waals surface area contributed by atoms with E-state index in [2.05, 4.69) is 15.3 Å². The zero-order valence-electron chi connectivity index (χ0n) is 15.5. The van der Waals surface area contributed by atoms with Gasteiger partial charge in [-0.25, -0.2) is 0 Å². The average molecular weight is 428 g/mol. The predicted octanol–water partition coefficient (Wildman–Crippen LogP) is 3.23. The average Bonchev–Trinajstić information content (AvgIpc) is 2.65. The Bertz CT molecular complexity index is 910. The van der Waals surface area contributed by atoms with Crippen LogP contribution in [0, 0.1) is 6.92 Å². The molecule has 8 nitrogen and oxygen atoms in total. The Hall–Kier alpha value is -1.58. The first-order valence-electron chi connectivity index (χ1n) is 8.16. The maximum absolute atomic E-state index is 12.5. The fourth-order valence-electron chi connectivity index (χ4n) is 1.95. The molecule has 0 aliphatic heterocycles. The number of methoxy groups -OCH3 is 1. The molecule has 0 unspecified atom stereocenters. The smallest absolute Gasteiger partial charge is 0.296 e. The Labute approximate surface area is 166 Å². The van der Waals surface area contributed by atoms with Crippen molar-refractivity contribution in [3.63, 3.8) is 0 Å². The first-order valence-corrected chi connectivity index (χ1v) is 12.2. The van der Waals surface area contributed by atoms with Crippen LogP contribution in [-0.4, -0.2) is 41.4 Å². The van der Waals surface area contributed by atoms with Crippen molar-refractivity contribution >= 4 is 35.1 Å². The molecule has 0 bridgehead atoms. The fraction of sp³-hybridized carbons (Fsp3) is 0.375. The van der Waals surface area contributed by atoms with Crippen molar-refractivity contribution in [1.29, 1.82) is 0 Å². The van der Waals surface area contributed by atoms with E-state index in [0.29, 0.717) is 19.0 Å². The lowest BCUT2D eigenvalue weighted by Crippen LogP contribution is -2.23. The van der Waals surface area contributed by atoms with Crippen LogP contribution in [0.3, 0.4) is 0 Å². The molecule has 0 spiro atoms. The Morgan fingerprint density at radius 2 is 2.00 bits per heavy atom. The third-order valence-electron chi connectivity index (χ3n) is 3.15. The van der Waals surface area contributed by atoms with Gasteiger partial charge in [0, 0.05) is 11.4 Å². The molecule has 146 valence electrons. The lowest BCUT2D eigenvalue weighted by atomic mass is 10.2. The first-order chi connectivity index (χ1) is 12.9. The van der Waals surface area contributed by atoms with E-state index in [4.69, 9.17) is 25.6 Å². The second kappa shape index (κ2) is 10.1. The number of nitrogens with zero attached hydrogens (tertiary/aromatic N) is 4. The number of rotatable bonds is 9. The largest absolute Gasteiger partial charge is 0.497 e. The van der Waals surface area contributed by atoms with Crippen LogP contribution in [0.15, 0.2) is 39.3 Å². The molecule has 0 saturated heterocycles. The van der Waals surface area contributed by atoms with Gasteiger partial charge >= 0.3 is 0 Å². The minimum Gasteiger partial charge on any atom is -0.497 e. The quantitative estimate of drug-likeness (QED) is 0.444. The number of hydrogen-bond donors (Lipinski definition) is 0. The number of hydrogen-bond acceptors (Lipinski definition) is 9. The number of benzene rings is 1. The van der Waals surface area contributed by atoms with Crippen molar-refractivity contribution in [2.75, 3.05) is 20.3 Å². The summed E-state index contributed by atoms with van der Waals surface area (Å²) in [6, 6.07) is 7.30. The molecule has 1 aromatic heterocycles. The van der Waals surface area contributed by atoms with E-state index in [1.807, 2.05) is 32.0 Å². The van der Waals surface area contributed by atoms with Gasteiger partial charge in [-0.2, -0.15) is 9.78 Å². The third-order valence-corrected chi connectivity index (χ3v) is 8.04. The Morgan fingerprint density at radius 3 is 2.63 bits per heavy atom. The van der Waals surface area contributed by atoms with E-state index in [9.17, 15) is 4.79 Å². The van der Waals surface area contributed by atoms with Gasteiger partial charge in [0.25, 0.3) is 11.3 Å². The summed E-state index contributed by atoms with van der Waals surface area (Å²) in [6.45, 7) is 6.01. The van der Waals surface area contributed by atoms with E-state index in [-0.39, 0.29) is 16.4 Å². The van der Waals surface area contributed by atoms with Crippen molar-refractivity contribution in [2.24, 2.45) is 5.10 Å². The third kappa shape index (κ3) is 5.95. The lowest BCUT2D eigenvalue weighted by Gasteiger charge is -2.19. The van der Waals surface area contributed by atoms with Crippen molar-refractivity contribution in [3.8, 4) is 5.75 Å². The highest BCUT2D eigenvalue weighted by molar-refractivity contribution is 8.67. The summed E-state index contributed by atoms with van der Waals surface area (Å²) in [5.41, 5.74) is -2.12. The minimum atomic E-state index is -2.72. The Balaban J connectivity index is 2.43. The van der Waals surface area contributed by atoms with E-state index < -0.39 is 5.69 Å².